The van der Waals surface area contributed by atoms with Crippen molar-refractivity contribution in [2.75, 3.05) is 11.4 Å². The Labute approximate surface area is 250 Å². The monoisotopic (exact) mass is 589 g/mol. The maximum Gasteiger partial charge on any atom is 0.240 e. The molecule has 1 atom stereocenters. The molecule has 0 aliphatic rings. The van der Waals surface area contributed by atoms with E-state index in [2.05, 4.69) is 22.4 Å². The second kappa shape index (κ2) is 13.7. The number of carbonyl (C=O) groups is 2. The molecule has 8 nitrogen and oxygen atoms in total. The topological polar surface area (TPSA) is 89.4 Å². The van der Waals surface area contributed by atoms with Gasteiger partial charge in [0.15, 0.2) is 11.0 Å². The van der Waals surface area contributed by atoms with Crippen LogP contribution in [0.4, 0.5) is 10.1 Å². The van der Waals surface area contributed by atoms with Gasteiger partial charge in [0.1, 0.15) is 24.7 Å². The van der Waals surface area contributed by atoms with Crippen LogP contribution < -0.4 is 15.0 Å². The molecular formula is C32H36FN5O3S. The van der Waals surface area contributed by atoms with Crippen LogP contribution in [0, 0.1) is 5.82 Å². The first kappa shape index (κ1) is 30.8. The number of benzene rings is 3. The summed E-state index contributed by atoms with van der Waals surface area (Å²) in [6, 6.07) is 23.0. The van der Waals surface area contributed by atoms with Crippen molar-refractivity contribution in [1.82, 2.24) is 20.1 Å². The first-order valence-corrected chi connectivity index (χ1v) is 14.7. The Morgan fingerprint density at radius 3 is 2.29 bits per heavy atom. The van der Waals surface area contributed by atoms with Gasteiger partial charge in [0.2, 0.25) is 11.8 Å². The zero-order valence-electron chi connectivity index (χ0n) is 24.5. The van der Waals surface area contributed by atoms with Crippen LogP contribution in [0.3, 0.4) is 0 Å². The molecule has 0 saturated carbocycles. The van der Waals surface area contributed by atoms with Gasteiger partial charge in [-0.15, -0.1) is 10.2 Å². The van der Waals surface area contributed by atoms with Gasteiger partial charge in [-0.1, -0.05) is 49.0 Å². The van der Waals surface area contributed by atoms with Crippen LogP contribution in [0.5, 0.6) is 5.75 Å². The molecule has 220 valence electrons. The lowest BCUT2D eigenvalue weighted by Gasteiger charge is -2.27. The molecule has 0 bridgehead atoms. The number of aromatic nitrogens is 3. The number of nitrogens with zero attached hydrogens (tertiary/aromatic N) is 4. The fraction of sp³-hybridized carbons (Fsp3) is 0.312. The van der Waals surface area contributed by atoms with E-state index in [0.29, 0.717) is 16.7 Å². The number of anilines is 1. The summed E-state index contributed by atoms with van der Waals surface area (Å²) >= 11 is 1.22. The molecule has 0 fully saturated rings. The fourth-order valence-electron chi connectivity index (χ4n) is 4.22. The molecule has 2 amide bonds. The van der Waals surface area contributed by atoms with Crippen molar-refractivity contribution in [3.8, 4) is 11.4 Å². The van der Waals surface area contributed by atoms with E-state index in [4.69, 9.17) is 4.74 Å². The number of halogens is 1. The average molecular weight is 590 g/mol. The predicted octanol–water partition coefficient (Wildman–Crippen LogP) is 5.98. The Kier molecular flexibility index (Phi) is 10.0. The van der Waals surface area contributed by atoms with Gasteiger partial charge >= 0.3 is 0 Å². The lowest BCUT2D eigenvalue weighted by molar-refractivity contribution is -0.124. The van der Waals surface area contributed by atoms with E-state index >= 15 is 0 Å². The van der Waals surface area contributed by atoms with Crippen LogP contribution in [0.1, 0.15) is 46.0 Å². The van der Waals surface area contributed by atoms with E-state index < -0.39 is 16.6 Å². The van der Waals surface area contributed by atoms with Crippen molar-refractivity contribution in [2.24, 2.45) is 0 Å². The van der Waals surface area contributed by atoms with Gasteiger partial charge in [0, 0.05) is 16.9 Å². The summed E-state index contributed by atoms with van der Waals surface area (Å²) < 4.78 is 21.6. The van der Waals surface area contributed by atoms with Gasteiger partial charge in [-0.2, -0.15) is 0 Å². The fourth-order valence-corrected chi connectivity index (χ4v) is 5.17. The second-order valence-corrected chi connectivity index (χ2v) is 12.1. The number of thioether (sulfide) groups is 1. The molecule has 42 heavy (non-hydrogen) atoms. The van der Waals surface area contributed by atoms with Crippen molar-refractivity contribution < 1.29 is 18.7 Å². The molecule has 0 unspecified atom stereocenters. The third-order valence-corrected chi connectivity index (χ3v) is 7.29. The van der Waals surface area contributed by atoms with Gasteiger partial charge in [0.05, 0.1) is 5.25 Å². The van der Waals surface area contributed by atoms with Crippen molar-refractivity contribution in [2.45, 2.75) is 63.6 Å². The van der Waals surface area contributed by atoms with E-state index in [1.807, 2.05) is 79.9 Å². The van der Waals surface area contributed by atoms with Crippen molar-refractivity contribution in [1.29, 1.82) is 0 Å². The number of amides is 2. The Morgan fingerprint density at radius 2 is 1.67 bits per heavy atom. The standard InChI is InChI=1S/C32H36FN5O3S/c1-6-23-12-18-27(19-13-23)41-21-28-35-36-31(38(28)26-10-8-7-9-11-26)42-22(2)30(40)37(20-29(39)34-32(3,4)5)25-16-14-24(33)15-17-25/h7-19,22H,6,20-21H2,1-5H3,(H,34,39)/t22-/m1/s1. The molecule has 0 aliphatic heterocycles. The minimum atomic E-state index is -0.653. The third-order valence-electron chi connectivity index (χ3n) is 6.26. The third kappa shape index (κ3) is 8.19. The number of hydrogen-bond acceptors (Lipinski definition) is 6. The van der Waals surface area contributed by atoms with Crippen LogP contribution in [0.2, 0.25) is 0 Å². The minimum Gasteiger partial charge on any atom is -0.486 e. The Balaban J connectivity index is 1.58. The highest BCUT2D eigenvalue weighted by Gasteiger charge is 2.28. The van der Waals surface area contributed by atoms with Gasteiger partial charge < -0.3 is 15.0 Å². The highest BCUT2D eigenvalue weighted by Crippen LogP contribution is 2.29. The van der Waals surface area contributed by atoms with Gasteiger partial charge in [-0.25, -0.2) is 4.39 Å². The molecule has 1 aromatic heterocycles. The molecule has 3 aromatic carbocycles. The second-order valence-electron chi connectivity index (χ2n) is 10.8. The first-order chi connectivity index (χ1) is 20.0. The Hall–Kier alpha value is -4.18. The zero-order valence-corrected chi connectivity index (χ0v) is 25.3. The molecule has 0 radical (unpaired) electrons. The number of nitrogens with one attached hydrogen (secondary N) is 1. The average Bonchev–Trinajstić information content (AvgIpc) is 3.36. The zero-order chi connectivity index (χ0) is 30.3. The highest BCUT2D eigenvalue weighted by atomic mass is 32.2. The normalized spacial score (nSPS) is 12.0. The van der Waals surface area contributed by atoms with Crippen LogP contribution in [-0.4, -0.2) is 43.9 Å². The molecule has 4 rings (SSSR count). The Morgan fingerprint density at radius 1 is 1.00 bits per heavy atom. The lowest BCUT2D eigenvalue weighted by Crippen LogP contribution is -2.48. The highest BCUT2D eigenvalue weighted by molar-refractivity contribution is 8.00. The maximum absolute atomic E-state index is 13.8. The van der Waals surface area contributed by atoms with E-state index in [1.165, 1.54) is 46.5 Å². The molecule has 0 aliphatic carbocycles. The Bertz CT molecular complexity index is 1490. The predicted molar refractivity (Wildman–Crippen MR) is 163 cm³/mol. The van der Waals surface area contributed by atoms with Crippen LogP contribution >= 0.6 is 11.8 Å². The summed E-state index contributed by atoms with van der Waals surface area (Å²) in [6.45, 7) is 9.41. The molecular weight excluding hydrogens is 553 g/mol. The lowest BCUT2D eigenvalue weighted by atomic mass is 10.1. The molecule has 1 heterocycles. The van der Waals surface area contributed by atoms with Gasteiger partial charge in [-0.3, -0.25) is 14.2 Å². The van der Waals surface area contributed by atoms with E-state index in [1.54, 1.807) is 6.92 Å². The SMILES string of the molecule is CCc1ccc(OCc2nnc(S[C@H](C)C(=O)N(CC(=O)NC(C)(C)C)c3ccc(F)cc3)n2-c2ccccc2)cc1. The summed E-state index contributed by atoms with van der Waals surface area (Å²) in [5, 5.41) is 11.5. The van der Waals surface area contributed by atoms with Crippen LogP contribution in [0.25, 0.3) is 5.69 Å². The summed E-state index contributed by atoms with van der Waals surface area (Å²) in [5.41, 5.74) is 1.99. The number of para-hydroxylation sites is 1. The van der Waals surface area contributed by atoms with Crippen LogP contribution in [-0.2, 0) is 22.6 Å². The van der Waals surface area contributed by atoms with E-state index in [-0.39, 0.29) is 25.0 Å². The number of ether oxygens (including phenoxy) is 1. The summed E-state index contributed by atoms with van der Waals surface area (Å²) in [4.78, 5) is 28.0. The van der Waals surface area contributed by atoms with Gasteiger partial charge in [-0.05, 0) is 88.2 Å². The maximum atomic E-state index is 13.8. The first-order valence-electron chi connectivity index (χ1n) is 13.8. The van der Waals surface area contributed by atoms with Crippen molar-refractivity contribution in [3.63, 3.8) is 0 Å². The number of rotatable bonds is 11. The summed E-state index contributed by atoms with van der Waals surface area (Å²) in [5.74, 6) is 0.210. The number of hydrogen-bond donors (Lipinski definition) is 1. The molecule has 4 aromatic rings. The molecule has 0 spiro atoms. The molecule has 1 N–H and O–H groups in total. The molecule has 0 saturated heterocycles. The smallest absolute Gasteiger partial charge is 0.240 e. The van der Waals surface area contributed by atoms with E-state index in [0.717, 1.165) is 17.9 Å². The van der Waals surface area contributed by atoms with Crippen LogP contribution in [0.15, 0.2) is 84.0 Å². The van der Waals surface area contributed by atoms with Crippen molar-refractivity contribution in [3.05, 3.63) is 96.1 Å². The van der Waals surface area contributed by atoms with Crippen molar-refractivity contribution >= 4 is 29.3 Å². The summed E-state index contributed by atoms with van der Waals surface area (Å²) in [7, 11) is 0. The van der Waals surface area contributed by atoms with E-state index in [9.17, 15) is 14.0 Å². The minimum absolute atomic E-state index is 0.172. The number of carbonyl (C=O) groups excluding carboxylic acids is 2. The summed E-state index contributed by atoms with van der Waals surface area (Å²) in [6.07, 6.45) is 0.944. The van der Waals surface area contributed by atoms with Gasteiger partial charge in [0.25, 0.3) is 0 Å². The number of aryl methyl sites for hydroxylation is 1. The molecule has 10 heteroatoms. The quantitative estimate of drug-likeness (QED) is 0.217. The largest absolute Gasteiger partial charge is 0.486 e.